The molecule has 1 aliphatic rings. The van der Waals surface area contributed by atoms with Crippen molar-refractivity contribution in [1.82, 2.24) is 0 Å². The first-order valence-corrected chi connectivity index (χ1v) is 23.9. The minimum atomic E-state index is -3.07. The molecule has 1 fully saturated rings. The minimum absolute atomic E-state index is 0.309. The van der Waals surface area contributed by atoms with Crippen LogP contribution in [0.3, 0.4) is 0 Å². The van der Waals surface area contributed by atoms with Crippen molar-refractivity contribution in [3.05, 3.63) is 17.7 Å². The Balaban J connectivity index is 2.86. The molecule has 0 unspecified atom stereocenters. The van der Waals surface area contributed by atoms with E-state index >= 15 is 0 Å². The van der Waals surface area contributed by atoms with Crippen LogP contribution in [0, 0.1) is 0 Å². The van der Waals surface area contributed by atoms with E-state index in [-0.39, 0.29) is 6.61 Å². The molecule has 1 aliphatic heterocycles. The number of methoxy groups -OCH3 is 2. The molecule has 1 aromatic rings. The summed E-state index contributed by atoms with van der Waals surface area (Å²) in [6.07, 6.45) is 0.885. The molecule has 0 spiro atoms. The van der Waals surface area contributed by atoms with Crippen molar-refractivity contribution >= 4 is 45.8 Å². The van der Waals surface area contributed by atoms with Crippen LogP contribution in [0.25, 0.3) is 0 Å². The van der Waals surface area contributed by atoms with Gasteiger partial charge in [0.1, 0.15) is 0 Å². The van der Waals surface area contributed by atoms with Crippen molar-refractivity contribution in [2.24, 2.45) is 0 Å². The van der Waals surface area contributed by atoms with E-state index < -0.39 is 72.8 Å². The normalized spacial score (nSPS) is 21.2. The van der Waals surface area contributed by atoms with E-state index in [0.717, 1.165) is 44.3 Å². The zero-order valence-corrected chi connectivity index (χ0v) is 32.0. The molecule has 11 nitrogen and oxygen atoms in total. The van der Waals surface area contributed by atoms with E-state index in [1.54, 1.807) is 14.2 Å². The average Bonchev–Trinajstić information content (AvgIpc) is 3.00. The van der Waals surface area contributed by atoms with Crippen LogP contribution >= 0.6 is 0 Å². The van der Waals surface area contributed by atoms with Gasteiger partial charge in [-0.05, 0) is 0 Å². The molecule has 0 radical (unpaired) electrons. The Morgan fingerprint density at radius 2 is 1.15 bits per heavy atom. The first kappa shape index (κ1) is 39.6. The standard InChI is InChI=1S/C22H27O11.3C4H9.Sn/c1-11(23)29-10-18-20(30-12(2)24)22(32-14(4)26)21(31-13(3)25)19(33-18)16-9-15(27-5)7-8-17(16)28-6;3*1-3-4-2;/h8-9,18-22H,10H2,1-6H3;3*1,3-4H2,2H3;/t18-,19+,20-,21+,22+;;;;/m1..../s1. The predicted molar refractivity (Wildman–Crippen MR) is 175 cm³/mol. The van der Waals surface area contributed by atoms with Crippen molar-refractivity contribution in [3.8, 4) is 11.5 Å². The van der Waals surface area contributed by atoms with Crippen molar-refractivity contribution in [3.63, 3.8) is 0 Å². The van der Waals surface area contributed by atoms with E-state index in [0.29, 0.717) is 11.3 Å². The van der Waals surface area contributed by atoms with Gasteiger partial charge in [0.25, 0.3) is 0 Å². The summed E-state index contributed by atoms with van der Waals surface area (Å²) in [5.41, 5.74) is 0.502. The van der Waals surface area contributed by atoms with Gasteiger partial charge in [-0.2, -0.15) is 0 Å². The van der Waals surface area contributed by atoms with Gasteiger partial charge < -0.3 is 0 Å². The van der Waals surface area contributed by atoms with Crippen LogP contribution in [0.1, 0.15) is 98.7 Å². The summed E-state index contributed by atoms with van der Waals surface area (Å²) >= 11 is -3.07. The molecule has 0 aromatic heterocycles. The van der Waals surface area contributed by atoms with Crippen LogP contribution in [0.4, 0.5) is 0 Å². The molecule has 5 atom stereocenters. The Morgan fingerprint density at radius 1 is 0.674 bits per heavy atom. The van der Waals surface area contributed by atoms with Gasteiger partial charge in [-0.3, -0.25) is 0 Å². The number of carbonyl (C=O) groups is 4. The van der Waals surface area contributed by atoms with Crippen molar-refractivity contribution in [2.75, 3.05) is 20.8 Å². The maximum absolute atomic E-state index is 12.5. The number of unbranched alkanes of at least 4 members (excludes halogenated alkanes) is 3. The van der Waals surface area contributed by atoms with Crippen LogP contribution in [-0.2, 0) is 42.9 Å². The average molecular weight is 758 g/mol. The van der Waals surface area contributed by atoms with E-state index in [9.17, 15) is 19.2 Å². The summed E-state index contributed by atoms with van der Waals surface area (Å²) in [7, 11) is 3.22. The quantitative estimate of drug-likeness (QED) is 0.106. The maximum atomic E-state index is 12.5. The molecule has 1 aromatic carbocycles. The molecule has 260 valence electrons. The predicted octanol–water partition coefficient (Wildman–Crippen LogP) is 5.56. The second kappa shape index (κ2) is 19.3. The van der Waals surface area contributed by atoms with Gasteiger partial charge in [0.2, 0.25) is 0 Å². The van der Waals surface area contributed by atoms with Crippen LogP contribution in [-0.4, -0.2) is 87.5 Å². The Hall–Kier alpha value is -2.54. The van der Waals surface area contributed by atoms with Gasteiger partial charge in [-0.1, -0.05) is 0 Å². The molecule has 0 saturated carbocycles. The molecule has 0 amide bonds. The van der Waals surface area contributed by atoms with Gasteiger partial charge in [-0.25, -0.2) is 0 Å². The molecule has 0 bridgehead atoms. The number of carbonyl (C=O) groups excluding carboxylic acids is 4. The number of rotatable bonds is 18. The topological polar surface area (TPSA) is 133 Å². The second-order valence-corrected chi connectivity index (χ2v) is 25.1. The third kappa shape index (κ3) is 10.7. The molecule has 1 heterocycles. The summed E-state index contributed by atoms with van der Waals surface area (Å²) in [5.74, 6) is -1.37. The Morgan fingerprint density at radius 3 is 1.59 bits per heavy atom. The summed E-state index contributed by atoms with van der Waals surface area (Å²) in [6, 6.07) is 3.96. The van der Waals surface area contributed by atoms with Gasteiger partial charge in [0.05, 0.1) is 0 Å². The van der Waals surface area contributed by atoms with Crippen LogP contribution < -0.4 is 13.1 Å². The molecule has 1 saturated heterocycles. The van der Waals surface area contributed by atoms with Crippen molar-refractivity contribution in [1.29, 1.82) is 0 Å². The van der Waals surface area contributed by atoms with Crippen LogP contribution in [0.2, 0.25) is 13.3 Å². The SMILES string of the molecule is CCC[CH2][Sn]([CH2]CCC)([CH2]CCC)[c]1cc(OC)c([C@@H]2O[C@H](COC(C)=O)[C@@H](OC(C)=O)[C@H](OC(C)=O)[C@H]2OC(C)=O)cc1OC. The summed E-state index contributed by atoms with van der Waals surface area (Å²) in [5, 5.41) is 0. The van der Waals surface area contributed by atoms with Crippen LogP contribution in [0.5, 0.6) is 11.5 Å². The number of hydrogen-bond donors (Lipinski definition) is 0. The van der Waals surface area contributed by atoms with Gasteiger partial charge in [-0.15, -0.1) is 0 Å². The summed E-state index contributed by atoms with van der Waals surface area (Å²) < 4.78 is 45.7. The van der Waals surface area contributed by atoms with E-state index in [1.807, 2.05) is 6.07 Å². The molecule has 2 rings (SSSR count). The van der Waals surface area contributed by atoms with Crippen molar-refractivity contribution in [2.45, 2.75) is 131 Å². The number of benzene rings is 1. The molecule has 46 heavy (non-hydrogen) atoms. The third-order valence-corrected chi connectivity index (χ3v) is 24.0. The number of hydrogen-bond acceptors (Lipinski definition) is 11. The van der Waals surface area contributed by atoms with Gasteiger partial charge in [0.15, 0.2) is 0 Å². The molecule has 0 aliphatic carbocycles. The fourth-order valence-electron chi connectivity index (χ4n) is 6.36. The third-order valence-electron chi connectivity index (χ3n) is 8.45. The van der Waals surface area contributed by atoms with E-state index in [2.05, 4.69) is 26.8 Å². The van der Waals surface area contributed by atoms with E-state index in [4.69, 9.17) is 33.2 Å². The number of esters is 4. The van der Waals surface area contributed by atoms with Gasteiger partial charge in [0, 0.05) is 0 Å². The second-order valence-electron chi connectivity index (χ2n) is 12.0. The zero-order valence-electron chi connectivity index (χ0n) is 29.1. The molecular formula is C34H54O11Sn. The summed E-state index contributed by atoms with van der Waals surface area (Å²) in [6.45, 7) is 11.2. The Kier molecular flexibility index (Phi) is 16.6. The van der Waals surface area contributed by atoms with Crippen molar-refractivity contribution < 1.29 is 52.3 Å². The first-order chi connectivity index (χ1) is 21.9. The fourth-order valence-corrected chi connectivity index (χ4v) is 22.9. The molecule has 12 heteroatoms. The Labute approximate surface area is 278 Å². The van der Waals surface area contributed by atoms with Crippen LogP contribution in [0.15, 0.2) is 12.1 Å². The zero-order chi connectivity index (χ0) is 34.4. The fraction of sp³-hybridized carbons (Fsp3) is 0.706. The number of ether oxygens (including phenoxy) is 7. The molecular weight excluding hydrogens is 703 g/mol. The Bertz CT molecular complexity index is 1150. The first-order valence-electron chi connectivity index (χ1n) is 16.4. The van der Waals surface area contributed by atoms with E-state index in [1.165, 1.54) is 44.6 Å². The molecule has 0 N–H and O–H groups in total. The summed E-state index contributed by atoms with van der Waals surface area (Å²) in [4.78, 5) is 48.8. The van der Waals surface area contributed by atoms with Gasteiger partial charge >= 0.3 is 279 Å². The monoisotopic (exact) mass is 758 g/mol.